The van der Waals surface area contributed by atoms with Crippen LogP contribution in [0.2, 0.25) is 5.02 Å². The summed E-state index contributed by atoms with van der Waals surface area (Å²) in [5.41, 5.74) is 5.84. The number of aromatic nitrogens is 1. The van der Waals surface area contributed by atoms with Gasteiger partial charge in [-0.2, -0.15) is 0 Å². The summed E-state index contributed by atoms with van der Waals surface area (Å²) in [6.07, 6.45) is -0.566. The topological polar surface area (TPSA) is 79.4 Å². The molecule has 2 atom stereocenters. The van der Waals surface area contributed by atoms with Gasteiger partial charge in [0.1, 0.15) is 11.9 Å². The maximum absolute atomic E-state index is 9.47. The van der Waals surface area contributed by atoms with Gasteiger partial charge in [-0.15, -0.1) is 0 Å². The highest BCUT2D eigenvalue weighted by atomic mass is 35.5. The van der Waals surface area contributed by atoms with Crippen molar-refractivity contribution in [1.82, 2.24) is 4.98 Å². The Labute approximate surface area is 81.0 Å². The Bertz CT molecular complexity index is 304. The molecule has 13 heavy (non-hydrogen) atoms. The third-order valence-electron chi connectivity index (χ3n) is 1.69. The van der Waals surface area contributed by atoms with Crippen molar-refractivity contribution in [2.45, 2.75) is 19.1 Å². The van der Waals surface area contributed by atoms with E-state index in [1.807, 2.05) is 0 Å². The molecule has 72 valence electrons. The minimum atomic E-state index is -1.05. The normalized spacial score (nSPS) is 15.4. The quantitative estimate of drug-likeness (QED) is 0.661. The summed E-state index contributed by atoms with van der Waals surface area (Å²) < 4.78 is 0. The highest BCUT2D eigenvalue weighted by Crippen LogP contribution is 2.24. The number of halogens is 1. The Balaban J connectivity index is 3.05. The fourth-order valence-corrected chi connectivity index (χ4v) is 1.13. The van der Waals surface area contributed by atoms with Crippen LogP contribution in [0.25, 0.3) is 0 Å². The second kappa shape index (κ2) is 3.91. The lowest BCUT2D eigenvalue weighted by molar-refractivity contribution is 0.0308. The van der Waals surface area contributed by atoms with Crippen LogP contribution < -0.4 is 5.73 Å². The summed E-state index contributed by atoms with van der Waals surface area (Å²) in [6.45, 7) is 1.46. The van der Waals surface area contributed by atoms with E-state index in [4.69, 9.17) is 22.4 Å². The first-order chi connectivity index (χ1) is 6.02. The van der Waals surface area contributed by atoms with Gasteiger partial charge in [0.2, 0.25) is 0 Å². The largest absolute Gasteiger partial charge is 0.390 e. The molecule has 1 rings (SSSR count). The lowest BCUT2D eigenvalue weighted by Crippen LogP contribution is -2.16. The van der Waals surface area contributed by atoms with E-state index in [0.29, 0.717) is 10.6 Å². The van der Waals surface area contributed by atoms with Crippen LogP contribution in [0.15, 0.2) is 12.3 Å². The molecule has 4 N–H and O–H groups in total. The number of hydrogen-bond acceptors (Lipinski definition) is 4. The molecule has 0 aliphatic heterocycles. The van der Waals surface area contributed by atoms with E-state index in [-0.39, 0.29) is 5.82 Å². The number of pyridine rings is 1. The molecule has 2 unspecified atom stereocenters. The van der Waals surface area contributed by atoms with Gasteiger partial charge in [-0.3, -0.25) is 0 Å². The maximum atomic E-state index is 9.47. The van der Waals surface area contributed by atoms with E-state index < -0.39 is 12.2 Å². The minimum Gasteiger partial charge on any atom is -0.390 e. The molecule has 0 saturated carbocycles. The molecule has 1 aromatic rings. The van der Waals surface area contributed by atoms with Gasteiger partial charge < -0.3 is 15.9 Å². The minimum absolute atomic E-state index is 0.179. The van der Waals surface area contributed by atoms with E-state index in [1.54, 1.807) is 0 Å². The van der Waals surface area contributed by atoms with Crippen molar-refractivity contribution in [3.8, 4) is 0 Å². The Kier molecular flexibility index (Phi) is 3.08. The van der Waals surface area contributed by atoms with Crippen molar-refractivity contribution in [3.63, 3.8) is 0 Å². The summed E-state index contributed by atoms with van der Waals surface area (Å²) >= 11 is 5.65. The summed E-state index contributed by atoms with van der Waals surface area (Å²) in [5, 5.41) is 19.0. The molecule has 0 radical (unpaired) electrons. The SMILES string of the molecule is CC(O)C(O)c1cc(Cl)cnc1N. The molecule has 5 heteroatoms. The third-order valence-corrected chi connectivity index (χ3v) is 1.90. The monoisotopic (exact) mass is 202 g/mol. The van der Waals surface area contributed by atoms with Crippen LogP contribution in [0.4, 0.5) is 5.82 Å². The van der Waals surface area contributed by atoms with Crippen molar-refractivity contribution in [2.24, 2.45) is 0 Å². The Morgan fingerprint density at radius 1 is 1.54 bits per heavy atom. The molecule has 0 bridgehead atoms. The molecule has 0 aliphatic rings. The first-order valence-electron chi connectivity index (χ1n) is 3.79. The lowest BCUT2D eigenvalue weighted by Gasteiger charge is -2.15. The molecular formula is C8H11ClN2O2. The molecule has 0 aliphatic carbocycles. The highest BCUT2D eigenvalue weighted by Gasteiger charge is 2.17. The Morgan fingerprint density at radius 2 is 2.15 bits per heavy atom. The average Bonchev–Trinajstić information content (AvgIpc) is 2.08. The molecule has 4 nitrogen and oxygen atoms in total. The molecule has 0 aromatic carbocycles. The molecule has 0 amide bonds. The van der Waals surface area contributed by atoms with Crippen molar-refractivity contribution in [2.75, 3.05) is 5.73 Å². The van der Waals surface area contributed by atoms with Gasteiger partial charge in [-0.1, -0.05) is 11.6 Å². The predicted octanol–water partition coefficient (Wildman–Crippen LogP) is 0.731. The van der Waals surface area contributed by atoms with Gasteiger partial charge in [0, 0.05) is 11.8 Å². The van der Waals surface area contributed by atoms with Crippen LogP contribution in [0.5, 0.6) is 0 Å². The maximum Gasteiger partial charge on any atom is 0.129 e. The molecule has 1 heterocycles. The molecule has 0 saturated heterocycles. The molecule has 0 spiro atoms. The molecular weight excluding hydrogens is 192 g/mol. The standard InChI is InChI=1S/C8H11ClN2O2/c1-4(12)7(13)6-2-5(9)3-11-8(6)10/h2-4,7,12-13H,1H3,(H2,10,11). The van der Waals surface area contributed by atoms with Gasteiger partial charge in [-0.25, -0.2) is 4.98 Å². The van der Waals surface area contributed by atoms with E-state index in [0.717, 1.165) is 0 Å². The van der Waals surface area contributed by atoms with E-state index in [2.05, 4.69) is 4.98 Å². The summed E-state index contributed by atoms with van der Waals surface area (Å²) in [4.78, 5) is 3.76. The number of nitrogens with zero attached hydrogens (tertiary/aromatic N) is 1. The van der Waals surface area contributed by atoms with Crippen LogP contribution in [-0.4, -0.2) is 21.3 Å². The van der Waals surface area contributed by atoms with E-state index >= 15 is 0 Å². The van der Waals surface area contributed by atoms with Gasteiger partial charge >= 0.3 is 0 Å². The van der Waals surface area contributed by atoms with Crippen LogP contribution in [0, 0.1) is 0 Å². The van der Waals surface area contributed by atoms with Crippen LogP contribution in [-0.2, 0) is 0 Å². The van der Waals surface area contributed by atoms with Crippen LogP contribution >= 0.6 is 11.6 Å². The molecule has 0 fully saturated rings. The molecule has 1 aromatic heterocycles. The Hall–Kier alpha value is -0.840. The van der Waals surface area contributed by atoms with Crippen molar-refractivity contribution < 1.29 is 10.2 Å². The number of nitrogen functional groups attached to an aromatic ring is 1. The van der Waals surface area contributed by atoms with Crippen molar-refractivity contribution >= 4 is 17.4 Å². The van der Waals surface area contributed by atoms with E-state index in [9.17, 15) is 5.11 Å². The number of anilines is 1. The lowest BCUT2D eigenvalue weighted by atomic mass is 10.1. The van der Waals surface area contributed by atoms with Crippen LogP contribution in [0.3, 0.4) is 0 Å². The van der Waals surface area contributed by atoms with Crippen molar-refractivity contribution in [1.29, 1.82) is 0 Å². The van der Waals surface area contributed by atoms with Gasteiger partial charge in [0.15, 0.2) is 0 Å². The number of aliphatic hydroxyl groups is 2. The number of aliphatic hydroxyl groups excluding tert-OH is 2. The van der Waals surface area contributed by atoms with Crippen molar-refractivity contribution in [3.05, 3.63) is 22.8 Å². The first kappa shape index (κ1) is 10.2. The fourth-order valence-electron chi connectivity index (χ4n) is 0.962. The second-order valence-electron chi connectivity index (χ2n) is 2.81. The zero-order valence-electron chi connectivity index (χ0n) is 7.11. The van der Waals surface area contributed by atoms with Crippen LogP contribution in [0.1, 0.15) is 18.6 Å². The fraction of sp³-hybridized carbons (Fsp3) is 0.375. The highest BCUT2D eigenvalue weighted by molar-refractivity contribution is 6.30. The zero-order chi connectivity index (χ0) is 10.0. The Morgan fingerprint density at radius 3 is 2.69 bits per heavy atom. The summed E-state index contributed by atoms with van der Waals surface area (Å²) in [6, 6.07) is 1.49. The third kappa shape index (κ3) is 2.30. The van der Waals surface area contributed by atoms with Gasteiger partial charge in [0.05, 0.1) is 11.1 Å². The zero-order valence-corrected chi connectivity index (χ0v) is 7.86. The summed E-state index contributed by atoms with van der Waals surface area (Å²) in [7, 11) is 0. The first-order valence-corrected chi connectivity index (χ1v) is 4.17. The smallest absolute Gasteiger partial charge is 0.129 e. The number of nitrogens with two attached hydrogens (primary N) is 1. The number of hydrogen-bond donors (Lipinski definition) is 3. The summed E-state index contributed by atoms with van der Waals surface area (Å²) in [5.74, 6) is 0.179. The van der Waals surface area contributed by atoms with Gasteiger partial charge in [0.25, 0.3) is 0 Å². The second-order valence-corrected chi connectivity index (χ2v) is 3.25. The predicted molar refractivity (Wildman–Crippen MR) is 50.3 cm³/mol. The van der Waals surface area contributed by atoms with E-state index in [1.165, 1.54) is 19.2 Å². The average molecular weight is 203 g/mol. The number of rotatable bonds is 2. The van der Waals surface area contributed by atoms with Gasteiger partial charge in [-0.05, 0) is 13.0 Å².